The van der Waals surface area contributed by atoms with E-state index in [9.17, 15) is 5.11 Å². The number of ether oxygens (including phenoxy) is 2. The molecule has 2 aromatic carbocycles. The van der Waals surface area contributed by atoms with Crippen molar-refractivity contribution < 1.29 is 14.6 Å². The molecule has 0 aliphatic heterocycles. The summed E-state index contributed by atoms with van der Waals surface area (Å²) in [6.45, 7) is 6.26. The molecule has 0 saturated heterocycles. The van der Waals surface area contributed by atoms with Gasteiger partial charge in [0, 0.05) is 5.56 Å². The Hall–Kier alpha value is -2.42. The quantitative estimate of drug-likeness (QED) is 0.795. The largest absolute Gasteiger partial charge is 0.508 e. The van der Waals surface area contributed by atoms with Gasteiger partial charge in [-0.15, -0.1) is 6.58 Å². The Bertz CT molecular complexity index is 573. The smallest absolute Gasteiger partial charge is 0.127 e. The van der Waals surface area contributed by atoms with Gasteiger partial charge in [0.2, 0.25) is 0 Å². The number of benzene rings is 2. The third-order valence-electron chi connectivity index (χ3n) is 2.79. The first-order valence-corrected chi connectivity index (χ1v) is 6.56. The lowest BCUT2D eigenvalue weighted by Gasteiger charge is -2.09. The van der Waals surface area contributed by atoms with Gasteiger partial charge < -0.3 is 14.6 Å². The van der Waals surface area contributed by atoms with Crippen molar-refractivity contribution in [1.82, 2.24) is 0 Å². The molecule has 1 N–H and O–H groups in total. The summed E-state index contributed by atoms with van der Waals surface area (Å²) in [5.41, 5.74) is 0.795. The first kappa shape index (κ1) is 14.0. The minimum atomic E-state index is 0.254. The average Bonchev–Trinajstić information content (AvgIpc) is 2.45. The van der Waals surface area contributed by atoms with Gasteiger partial charge in [0.25, 0.3) is 0 Å². The lowest BCUT2D eigenvalue weighted by molar-refractivity contribution is 0.339. The molecule has 0 aliphatic rings. The highest BCUT2D eigenvalue weighted by Gasteiger charge is 2.03. The molecule has 0 spiro atoms. The van der Waals surface area contributed by atoms with Gasteiger partial charge in [-0.25, -0.2) is 0 Å². The second kappa shape index (κ2) is 6.66. The van der Waals surface area contributed by atoms with Crippen molar-refractivity contribution in [2.45, 2.75) is 13.3 Å². The Kier molecular flexibility index (Phi) is 4.66. The average molecular weight is 270 g/mol. The summed E-state index contributed by atoms with van der Waals surface area (Å²) in [7, 11) is 0. The first-order valence-electron chi connectivity index (χ1n) is 6.56. The van der Waals surface area contributed by atoms with E-state index in [4.69, 9.17) is 9.47 Å². The van der Waals surface area contributed by atoms with E-state index >= 15 is 0 Å². The normalized spacial score (nSPS) is 10.1. The second-order valence-corrected chi connectivity index (χ2v) is 4.29. The molecule has 3 nitrogen and oxygen atoms in total. The molecule has 0 bridgehead atoms. The maximum Gasteiger partial charge on any atom is 0.127 e. The summed E-state index contributed by atoms with van der Waals surface area (Å²) in [5.74, 6) is 2.48. The molecule has 0 radical (unpaired) electrons. The van der Waals surface area contributed by atoms with Crippen LogP contribution in [-0.4, -0.2) is 11.7 Å². The van der Waals surface area contributed by atoms with Gasteiger partial charge in [-0.3, -0.25) is 0 Å². The van der Waals surface area contributed by atoms with Gasteiger partial charge in [0.05, 0.1) is 6.61 Å². The van der Waals surface area contributed by atoms with Crippen LogP contribution in [0.3, 0.4) is 0 Å². The second-order valence-electron chi connectivity index (χ2n) is 4.29. The standard InChI is InChI=1S/C17H18O3/c1-3-5-13-12-16(10-11-17(13)18)20-15-8-6-14(7-9-15)19-4-2/h3,6-12,18H,1,4-5H2,2H3. The van der Waals surface area contributed by atoms with Crippen molar-refractivity contribution in [3.63, 3.8) is 0 Å². The van der Waals surface area contributed by atoms with Crippen LogP contribution in [0.5, 0.6) is 23.0 Å². The minimum Gasteiger partial charge on any atom is -0.508 e. The molecule has 0 saturated carbocycles. The van der Waals surface area contributed by atoms with E-state index in [1.165, 1.54) is 0 Å². The lowest BCUT2D eigenvalue weighted by atomic mass is 10.1. The van der Waals surface area contributed by atoms with Crippen LogP contribution in [0.2, 0.25) is 0 Å². The van der Waals surface area contributed by atoms with Crippen molar-refractivity contribution in [3.8, 4) is 23.0 Å². The topological polar surface area (TPSA) is 38.7 Å². The van der Waals surface area contributed by atoms with Crippen LogP contribution >= 0.6 is 0 Å². The molecule has 0 aromatic heterocycles. The molecule has 0 aliphatic carbocycles. The third-order valence-corrected chi connectivity index (χ3v) is 2.79. The Morgan fingerprint density at radius 1 is 1.05 bits per heavy atom. The highest BCUT2D eigenvalue weighted by atomic mass is 16.5. The number of phenolic OH excluding ortho intramolecular Hbond substituents is 1. The van der Waals surface area contributed by atoms with Crippen LogP contribution in [0.4, 0.5) is 0 Å². The number of hydrogen-bond acceptors (Lipinski definition) is 3. The molecule has 2 rings (SSSR count). The summed E-state index contributed by atoms with van der Waals surface area (Å²) in [6.07, 6.45) is 2.35. The predicted molar refractivity (Wildman–Crippen MR) is 79.7 cm³/mol. The predicted octanol–water partition coefficient (Wildman–Crippen LogP) is 4.31. The molecule has 2 aromatic rings. The van der Waals surface area contributed by atoms with E-state index in [-0.39, 0.29) is 5.75 Å². The van der Waals surface area contributed by atoms with Gasteiger partial charge in [0.1, 0.15) is 23.0 Å². The van der Waals surface area contributed by atoms with Crippen molar-refractivity contribution in [3.05, 3.63) is 60.7 Å². The van der Waals surface area contributed by atoms with E-state index in [1.807, 2.05) is 37.3 Å². The van der Waals surface area contributed by atoms with E-state index in [0.717, 1.165) is 17.1 Å². The van der Waals surface area contributed by atoms with Gasteiger partial charge in [0.15, 0.2) is 0 Å². The highest BCUT2D eigenvalue weighted by Crippen LogP contribution is 2.28. The Morgan fingerprint density at radius 3 is 2.35 bits per heavy atom. The monoisotopic (exact) mass is 270 g/mol. The molecule has 0 amide bonds. The molecule has 0 atom stereocenters. The molecular weight excluding hydrogens is 252 g/mol. The van der Waals surface area contributed by atoms with Crippen LogP contribution in [0.15, 0.2) is 55.1 Å². The summed E-state index contributed by atoms with van der Waals surface area (Å²) < 4.78 is 11.1. The summed E-state index contributed by atoms with van der Waals surface area (Å²) in [6, 6.07) is 12.6. The maximum absolute atomic E-state index is 9.71. The number of allylic oxidation sites excluding steroid dienone is 1. The van der Waals surface area contributed by atoms with Crippen LogP contribution in [-0.2, 0) is 6.42 Å². The van der Waals surface area contributed by atoms with E-state index in [0.29, 0.717) is 18.8 Å². The number of rotatable bonds is 6. The maximum atomic E-state index is 9.71. The Morgan fingerprint density at radius 2 is 1.70 bits per heavy atom. The zero-order chi connectivity index (χ0) is 14.4. The molecule has 3 heteroatoms. The Balaban J connectivity index is 2.12. The molecule has 0 fully saturated rings. The summed E-state index contributed by atoms with van der Waals surface area (Å²) in [5, 5.41) is 9.71. The zero-order valence-electron chi connectivity index (χ0n) is 11.5. The van der Waals surface area contributed by atoms with Crippen LogP contribution in [0.25, 0.3) is 0 Å². The molecule has 20 heavy (non-hydrogen) atoms. The fourth-order valence-corrected chi connectivity index (χ4v) is 1.85. The number of aromatic hydroxyl groups is 1. The zero-order valence-corrected chi connectivity index (χ0v) is 11.5. The summed E-state index contributed by atoms with van der Waals surface area (Å²) >= 11 is 0. The fraction of sp³-hybridized carbons (Fsp3) is 0.176. The Labute approximate surface area is 119 Å². The van der Waals surface area contributed by atoms with E-state index in [2.05, 4.69) is 6.58 Å². The van der Waals surface area contributed by atoms with Crippen LogP contribution in [0.1, 0.15) is 12.5 Å². The van der Waals surface area contributed by atoms with Crippen molar-refractivity contribution in [2.75, 3.05) is 6.61 Å². The minimum absolute atomic E-state index is 0.254. The van der Waals surface area contributed by atoms with E-state index in [1.54, 1.807) is 18.2 Å². The summed E-state index contributed by atoms with van der Waals surface area (Å²) in [4.78, 5) is 0. The van der Waals surface area contributed by atoms with Crippen molar-refractivity contribution in [1.29, 1.82) is 0 Å². The van der Waals surface area contributed by atoms with Crippen molar-refractivity contribution >= 4 is 0 Å². The molecular formula is C17H18O3. The highest BCUT2D eigenvalue weighted by molar-refractivity contribution is 5.42. The lowest BCUT2D eigenvalue weighted by Crippen LogP contribution is -1.91. The van der Waals surface area contributed by atoms with Crippen LogP contribution < -0.4 is 9.47 Å². The van der Waals surface area contributed by atoms with Gasteiger partial charge in [-0.05, 0) is 55.8 Å². The van der Waals surface area contributed by atoms with Gasteiger partial charge >= 0.3 is 0 Å². The molecule has 104 valence electrons. The SMILES string of the molecule is C=CCc1cc(Oc2ccc(OCC)cc2)ccc1O. The van der Waals surface area contributed by atoms with E-state index < -0.39 is 0 Å². The molecule has 0 heterocycles. The fourth-order valence-electron chi connectivity index (χ4n) is 1.85. The van der Waals surface area contributed by atoms with Gasteiger partial charge in [-0.1, -0.05) is 6.08 Å². The third kappa shape index (κ3) is 3.54. The number of phenols is 1. The molecule has 0 unspecified atom stereocenters. The van der Waals surface area contributed by atoms with Gasteiger partial charge in [-0.2, -0.15) is 0 Å². The number of hydrogen-bond donors (Lipinski definition) is 1. The van der Waals surface area contributed by atoms with Crippen LogP contribution in [0, 0.1) is 0 Å². The van der Waals surface area contributed by atoms with Crippen molar-refractivity contribution in [2.24, 2.45) is 0 Å². The first-order chi connectivity index (χ1) is 9.72.